The maximum atomic E-state index is 14.2. The number of unbranched alkanes of at least 4 members (excludes halogenated alkanes) is 1. The molecule has 0 aliphatic carbocycles. The number of aliphatic hydroxyl groups excluding tert-OH is 1. The molecule has 1 saturated heterocycles. The van der Waals surface area contributed by atoms with Crippen molar-refractivity contribution in [3.63, 3.8) is 0 Å². The number of rotatable bonds is 8. The van der Waals surface area contributed by atoms with Gasteiger partial charge in [-0.3, -0.25) is 14.4 Å². The number of Topliss-reactive ketones (excluding diaryl/α,β-unsaturated/α-hetero) is 1. The lowest BCUT2D eigenvalue weighted by Gasteiger charge is -2.34. The Balaban J connectivity index is 1.99. The van der Waals surface area contributed by atoms with Gasteiger partial charge in [0, 0.05) is 37.9 Å². The Morgan fingerprint density at radius 1 is 1.03 bits per heavy atom. The average molecular weight is 467 g/mol. The molecule has 1 fully saturated rings. The number of halogens is 1. The van der Waals surface area contributed by atoms with Crippen LogP contribution >= 0.6 is 0 Å². The number of amides is 2. The van der Waals surface area contributed by atoms with E-state index >= 15 is 0 Å². The fourth-order valence-corrected chi connectivity index (χ4v) is 4.82. The summed E-state index contributed by atoms with van der Waals surface area (Å²) in [5.41, 5.74) is -0.878. The third-order valence-electron chi connectivity index (χ3n) is 6.39. The fraction of sp³-hybridized carbons (Fsp3) is 0.346. The van der Waals surface area contributed by atoms with Crippen LogP contribution in [0, 0.1) is 5.82 Å². The van der Waals surface area contributed by atoms with Crippen molar-refractivity contribution in [2.45, 2.75) is 31.7 Å². The first-order valence-electron chi connectivity index (χ1n) is 11.4. The molecule has 1 atom stereocenters. The van der Waals surface area contributed by atoms with Crippen molar-refractivity contribution in [2.75, 3.05) is 31.7 Å². The number of benzene rings is 2. The predicted molar refractivity (Wildman–Crippen MR) is 125 cm³/mol. The minimum absolute atomic E-state index is 0.0836. The molecule has 1 spiro atoms. The highest BCUT2D eigenvalue weighted by atomic mass is 19.1. The zero-order valence-corrected chi connectivity index (χ0v) is 19.2. The van der Waals surface area contributed by atoms with Crippen LogP contribution in [-0.2, 0) is 24.7 Å². The number of anilines is 1. The van der Waals surface area contributed by atoms with Crippen molar-refractivity contribution in [1.29, 1.82) is 0 Å². The van der Waals surface area contributed by atoms with Gasteiger partial charge in [0.1, 0.15) is 11.6 Å². The van der Waals surface area contributed by atoms with E-state index in [1.54, 1.807) is 29.2 Å². The minimum Gasteiger partial charge on any atom is -0.507 e. The van der Waals surface area contributed by atoms with Gasteiger partial charge < -0.3 is 19.6 Å². The van der Waals surface area contributed by atoms with E-state index in [0.29, 0.717) is 30.8 Å². The number of carbonyl (C=O) groups is 3. The number of para-hydroxylation sites is 1. The number of aliphatic hydroxyl groups is 1. The number of hydrogen-bond acceptors (Lipinski definition) is 5. The number of nitrogens with zero attached hydrogens (tertiary/aromatic N) is 2. The molecule has 1 N–H and O–H groups in total. The zero-order valence-electron chi connectivity index (χ0n) is 19.2. The first-order chi connectivity index (χ1) is 16.4. The van der Waals surface area contributed by atoms with E-state index in [1.165, 1.54) is 24.1 Å². The lowest BCUT2D eigenvalue weighted by atomic mass is 9.82. The van der Waals surface area contributed by atoms with E-state index in [4.69, 9.17) is 4.74 Å². The lowest BCUT2D eigenvalue weighted by molar-refractivity contribution is -0.143. The number of fused-ring (bicyclic) bond motifs is 2. The number of hydrogen-bond donors (Lipinski definition) is 1. The predicted octanol–water partition coefficient (Wildman–Crippen LogP) is 3.58. The van der Waals surface area contributed by atoms with E-state index in [-0.39, 0.29) is 17.7 Å². The molecular weight excluding hydrogens is 439 g/mol. The molecule has 2 amide bonds. The smallest absolute Gasteiger partial charge is 0.296 e. The molecule has 8 heteroatoms. The Hall–Kier alpha value is -3.52. The van der Waals surface area contributed by atoms with Crippen LogP contribution in [0.15, 0.2) is 54.1 Å². The van der Waals surface area contributed by atoms with Crippen molar-refractivity contribution >= 4 is 29.0 Å². The highest BCUT2D eigenvalue weighted by Crippen LogP contribution is 2.53. The van der Waals surface area contributed by atoms with Gasteiger partial charge in [0.25, 0.3) is 17.6 Å². The van der Waals surface area contributed by atoms with Crippen molar-refractivity contribution in [3.05, 3.63) is 71.0 Å². The van der Waals surface area contributed by atoms with E-state index in [2.05, 4.69) is 0 Å². The molecule has 0 saturated carbocycles. The highest BCUT2D eigenvalue weighted by molar-refractivity contribution is 6.50. The van der Waals surface area contributed by atoms with E-state index in [9.17, 15) is 23.9 Å². The third-order valence-corrected chi connectivity index (χ3v) is 6.39. The Kier molecular flexibility index (Phi) is 6.52. The van der Waals surface area contributed by atoms with Gasteiger partial charge in [-0.2, -0.15) is 0 Å². The normalized spacial score (nSPS) is 21.1. The molecule has 0 bridgehead atoms. The Bertz CT molecular complexity index is 1160. The van der Waals surface area contributed by atoms with Crippen molar-refractivity contribution in [2.24, 2.45) is 0 Å². The van der Waals surface area contributed by atoms with E-state index < -0.39 is 34.7 Å². The van der Waals surface area contributed by atoms with Crippen molar-refractivity contribution in [3.8, 4) is 0 Å². The number of ether oxygens (including phenoxy) is 1. The Labute approximate surface area is 197 Å². The largest absolute Gasteiger partial charge is 0.507 e. The van der Waals surface area contributed by atoms with Gasteiger partial charge >= 0.3 is 0 Å². The molecule has 1 unspecified atom stereocenters. The molecule has 0 radical (unpaired) electrons. The quantitative estimate of drug-likeness (QED) is 0.278. The Morgan fingerprint density at radius 2 is 1.74 bits per heavy atom. The lowest BCUT2D eigenvalue weighted by Crippen LogP contribution is -2.52. The van der Waals surface area contributed by atoms with Crippen LogP contribution in [0.2, 0.25) is 0 Å². The third kappa shape index (κ3) is 3.49. The van der Waals surface area contributed by atoms with Crippen LogP contribution in [0.3, 0.4) is 0 Å². The molecule has 2 aromatic rings. The van der Waals surface area contributed by atoms with Gasteiger partial charge in [-0.15, -0.1) is 0 Å². The minimum atomic E-state index is -1.80. The molecule has 34 heavy (non-hydrogen) atoms. The average Bonchev–Trinajstić information content (AvgIpc) is 3.21. The summed E-state index contributed by atoms with van der Waals surface area (Å²) < 4.78 is 18.6. The molecule has 2 heterocycles. The van der Waals surface area contributed by atoms with Crippen LogP contribution in [0.1, 0.15) is 37.3 Å². The molecule has 178 valence electrons. The first kappa shape index (κ1) is 23.6. The number of carbonyl (C=O) groups excluding carboxylic acids is 3. The maximum Gasteiger partial charge on any atom is 0.296 e. The fourth-order valence-electron chi connectivity index (χ4n) is 4.82. The second-order valence-corrected chi connectivity index (χ2v) is 8.40. The maximum absolute atomic E-state index is 14.2. The molecular formula is C26H27FN2O5. The molecule has 2 aliphatic rings. The standard InChI is InChI=1S/C26H27FN2O5/c1-3-4-14-28-20-9-6-5-8-19(20)26(25(28)33)21(22(30)17-10-12-18(27)13-11-17)23(31)24(32)29(26)15-7-16-34-2/h5-6,8-13,30H,3-4,7,14-16H2,1-2H3/b22-21+. The van der Waals surface area contributed by atoms with Crippen LogP contribution in [-0.4, -0.2) is 54.4 Å². The van der Waals surface area contributed by atoms with Gasteiger partial charge in [0.15, 0.2) is 5.54 Å². The van der Waals surface area contributed by atoms with Gasteiger partial charge in [0.2, 0.25) is 0 Å². The summed E-state index contributed by atoms with van der Waals surface area (Å²) in [6, 6.07) is 12.0. The summed E-state index contributed by atoms with van der Waals surface area (Å²) >= 11 is 0. The second-order valence-electron chi connectivity index (χ2n) is 8.40. The topological polar surface area (TPSA) is 87.2 Å². The summed E-state index contributed by atoms with van der Waals surface area (Å²) in [7, 11) is 1.53. The van der Waals surface area contributed by atoms with E-state index in [0.717, 1.165) is 25.0 Å². The highest BCUT2D eigenvalue weighted by Gasteiger charge is 2.66. The van der Waals surface area contributed by atoms with Gasteiger partial charge in [-0.25, -0.2) is 4.39 Å². The van der Waals surface area contributed by atoms with Crippen LogP contribution in [0.5, 0.6) is 0 Å². The Morgan fingerprint density at radius 3 is 2.41 bits per heavy atom. The molecule has 0 aromatic heterocycles. The summed E-state index contributed by atoms with van der Waals surface area (Å²) in [5, 5.41) is 11.3. The summed E-state index contributed by atoms with van der Waals surface area (Å²) in [4.78, 5) is 43.7. The van der Waals surface area contributed by atoms with Crippen LogP contribution < -0.4 is 4.90 Å². The molecule has 4 rings (SSSR count). The number of likely N-dealkylation sites (tertiary alicyclic amines) is 1. The van der Waals surface area contributed by atoms with Crippen LogP contribution in [0.25, 0.3) is 5.76 Å². The number of methoxy groups -OCH3 is 1. The summed E-state index contributed by atoms with van der Waals surface area (Å²) in [6.07, 6.45) is 1.97. The zero-order chi connectivity index (χ0) is 24.5. The van der Waals surface area contributed by atoms with E-state index in [1.807, 2.05) is 6.92 Å². The van der Waals surface area contributed by atoms with Crippen molar-refractivity contribution in [1.82, 2.24) is 4.90 Å². The van der Waals surface area contributed by atoms with Crippen LogP contribution in [0.4, 0.5) is 10.1 Å². The summed E-state index contributed by atoms with van der Waals surface area (Å²) in [5.74, 6) is -3.28. The molecule has 2 aliphatic heterocycles. The second kappa shape index (κ2) is 9.38. The van der Waals surface area contributed by atoms with Crippen molar-refractivity contribution < 1.29 is 28.6 Å². The molecule has 2 aromatic carbocycles. The molecule has 7 nitrogen and oxygen atoms in total. The number of ketones is 1. The van der Waals surface area contributed by atoms with Gasteiger partial charge in [-0.05, 0) is 43.2 Å². The summed E-state index contributed by atoms with van der Waals surface area (Å²) in [6.45, 7) is 2.83. The monoisotopic (exact) mass is 466 g/mol. The SMILES string of the molecule is CCCCN1C(=O)C2(/C(=C(/O)c3ccc(F)cc3)C(=O)C(=O)N2CCCOC)c2ccccc21. The first-order valence-corrected chi connectivity index (χ1v) is 11.4. The van der Waals surface area contributed by atoms with Gasteiger partial charge in [0.05, 0.1) is 11.3 Å². The van der Waals surface area contributed by atoms with Gasteiger partial charge in [-0.1, -0.05) is 31.5 Å².